The van der Waals surface area contributed by atoms with Gasteiger partial charge < -0.3 is 15.7 Å². The molecular weight excluding hydrogens is 244 g/mol. The third-order valence-corrected chi connectivity index (χ3v) is 3.40. The Kier molecular flexibility index (Phi) is 4.04. The molecule has 19 heavy (non-hydrogen) atoms. The quantitative estimate of drug-likeness (QED) is 0.765. The zero-order valence-electron chi connectivity index (χ0n) is 10.8. The number of hydrogen-bond donors (Lipinski definition) is 3. The van der Waals surface area contributed by atoms with E-state index >= 15 is 0 Å². The summed E-state index contributed by atoms with van der Waals surface area (Å²) in [4.78, 5) is 22.6. The maximum Gasteiger partial charge on any atom is 0.326 e. The van der Waals surface area contributed by atoms with E-state index in [-0.39, 0.29) is 6.04 Å². The van der Waals surface area contributed by atoms with Gasteiger partial charge in [-0.25, -0.2) is 9.59 Å². The van der Waals surface area contributed by atoms with Crippen molar-refractivity contribution < 1.29 is 14.7 Å². The van der Waals surface area contributed by atoms with Gasteiger partial charge in [-0.1, -0.05) is 31.2 Å². The molecule has 0 saturated carbocycles. The molecule has 102 valence electrons. The Bertz CT molecular complexity index is 462. The van der Waals surface area contributed by atoms with Gasteiger partial charge in [0.05, 0.1) is 0 Å². The van der Waals surface area contributed by atoms with Crippen molar-refractivity contribution in [1.29, 1.82) is 0 Å². The summed E-state index contributed by atoms with van der Waals surface area (Å²) < 4.78 is 0. The molecule has 0 radical (unpaired) electrons. The number of carboxylic acids is 1. The van der Waals surface area contributed by atoms with Crippen LogP contribution in [0.4, 0.5) is 4.79 Å². The maximum atomic E-state index is 11.7. The maximum absolute atomic E-state index is 11.7. The molecule has 5 nitrogen and oxygen atoms in total. The Morgan fingerprint density at radius 1 is 1.32 bits per heavy atom. The second-order valence-corrected chi connectivity index (χ2v) is 4.79. The largest absolute Gasteiger partial charge is 0.480 e. The highest BCUT2D eigenvalue weighted by atomic mass is 16.4. The minimum Gasteiger partial charge on any atom is -0.480 e. The monoisotopic (exact) mass is 262 g/mol. The van der Waals surface area contributed by atoms with Crippen LogP contribution in [0.1, 0.15) is 24.5 Å². The van der Waals surface area contributed by atoms with Crippen molar-refractivity contribution in [2.45, 2.75) is 38.3 Å². The summed E-state index contributed by atoms with van der Waals surface area (Å²) in [5, 5.41) is 14.2. The van der Waals surface area contributed by atoms with Crippen LogP contribution in [0.15, 0.2) is 24.3 Å². The second-order valence-electron chi connectivity index (χ2n) is 4.79. The number of fused-ring (bicyclic) bond motifs is 1. The van der Waals surface area contributed by atoms with Crippen molar-refractivity contribution in [3.63, 3.8) is 0 Å². The predicted molar refractivity (Wildman–Crippen MR) is 71.0 cm³/mol. The molecule has 0 spiro atoms. The number of nitrogens with one attached hydrogen (secondary N) is 2. The molecule has 0 aromatic heterocycles. The second kappa shape index (κ2) is 5.73. The number of carbonyl (C=O) groups excluding carboxylic acids is 1. The van der Waals surface area contributed by atoms with Crippen LogP contribution in [-0.2, 0) is 17.6 Å². The van der Waals surface area contributed by atoms with E-state index in [4.69, 9.17) is 5.11 Å². The smallest absolute Gasteiger partial charge is 0.326 e. The van der Waals surface area contributed by atoms with Crippen molar-refractivity contribution in [3.05, 3.63) is 35.4 Å². The molecule has 0 saturated heterocycles. The molecule has 1 atom stereocenters. The van der Waals surface area contributed by atoms with Gasteiger partial charge in [-0.3, -0.25) is 0 Å². The fourth-order valence-corrected chi connectivity index (χ4v) is 2.38. The number of carbonyl (C=O) groups is 2. The van der Waals surface area contributed by atoms with Gasteiger partial charge >= 0.3 is 12.0 Å². The van der Waals surface area contributed by atoms with Gasteiger partial charge in [0, 0.05) is 6.04 Å². The number of amides is 2. The summed E-state index contributed by atoms with van der Waals surface area (Å²) >= 11 is 0. The van der Waals surface area contributed by atoms with E-state index in [1.54, 1.807) is 6.92 Å². The fourth-order valence-electron chi connectivity index (χ4n) is 2.38. The van der Waals surface area contributed by atoms with Gasteiger partial charge in [-0.15, -0.1) is 0 Å². The highest BCUT2D eigenvalue weighted by molar-refractivity contribution is 5.82. The van der Waals surface area contributed by atoms with Gasteiger partial charge in [0.15, 0.2) is 0 Å². The zero-order chi connectivity index (χ0) is 13.8. The Morgan fingerprint density at radius 3 is 2.37 bits per heavy atom. The average Bonchev–Trinajstić information content (AvgIpc) is 2.77. The number of rotatable bonds is 4. The average molecular weight is 262 g/mol. The summed E-state index contributed by atoms with van der Waals surface area (Å²) in [6, 6.07) is 6.89. The molecule has 0 fully saturated rings. The first kappa shape index (κ1) is 13.4. The van der Waals surface area contributed by atoms with Gasteiger partial charge in [-0.05, 0) is 30.4 Å². The van der Waals surface area contributed by atoms with Crippen LogP contribution in [0.3, 0.4) is 0 Å². The fraction of sp³-hybridized carbons (Fsp3) is 0.429. The summed E-state index contributed by atoms with van der Waals surface area (Å²) in [6.45, 7) is 1.73. The summed E-state index contributed by atoms with van der Waals surface area (Å²) in [6.07, 6.45) is 1.97. The van der Waals surface area contributed by atoms with Crippen LogP contribution in [0.5, 0.6) is 0 Å². The van der Waals surface area contributed by atoms with Crippen molar-refractivity contribution in [2.75, 3.05) is 0 Å². The number of hydrogen-bond acceptors (Lipinski definition) is 2. The van der Waals surface area contributed by atoms with E-state index in [1.165, 1.54) is 11.1 Å². The van der Waals surface area contributed by atoms with E-state index in [9.17, 15) is 9.59 Å². The molecule has 5 heteroatoms. The Balaban J connectivity index is 1.87. The summed E-state index contributed by atoms with van der Waals surface area (Å²) in [7, 11) is 0. The van der Waals surface area contributed by atoms with Crippen molar-refractivity contribution in [3.8, 4) is 0 Å². The zero-order valence-corrected chi connectivity index (χ0v) is 10.8. The first-order valence-corrected chi connectivity index (χ1v) is 6.46. The lowest BCUT2D eigenvalue weighted by Gasteiger charge is -2.16. The van der Waals surface area contributed by atoms with Crippen LogP contribution < -0.4 is 10.6 Å². The molecule has 3 N–H and O–H groups in total. The van der Waals surface area contributed by atoms with E-state index in [1.807, 2.05) is 12.1 Å². The number of urea groups is 1. The van der Waals surface area contributed by atoms with Crippen molar-refractivity contribution >= 4 is 12.0 Å². The normalized spacial score (nSPS) is 15.6. The summed E-state index contributed by atoms with van der Waals surface area (Å²) in [5.74, 6) is -1.01. The van der Waals surface area contributed by atoms with Gasteiger partial charge in [-0.2, -0.15) is 0 Å². The minimum absolute atomic E-state index is 0.0451. The van der Waals surface area contributed by atoms with Crippen LogP contribution in [0, 0.1) is 0 Å². The van der Waals surface area contributed by atoms with Crippen LogP contribution in [0.2, 0.25) is 0 Å². The molecule has 0 heterocycles. The number of benzene rings is 1. The molecule has 1 unspecified atom stereocenters. The van der Waals surface area contributed by atoms with Gasteiger partial charge in [0.25, 0.3) is 0 Å². The lowest BCUT2D eigenvalue weighted by atomic mass is 10.1. The lowest BCUT2D eigenvalue weighted by Crippen LogP contribution is -2.49. The molecule has 1 aliphatic carbocycles. The first-order chi connectivity index (χ1) is 9.10. The standard InChI is InChI=1S/C14H18N2O3/c1-2-12(13(17)18)16-14(19)15-11-7-9-5-3-4-6-10(9)8-11/h3-6,11-12H,2,7-8H2,1H3,(H,17,18)(H2,15,16,19). The van der Waals surface area contributed by atoms with Crippen molar-refractivity contribution in [2.24, 2.45) is 0 Å². The Labute approximate surface area is 112 Å². The summed E-state index contributed by atoms with van der Waals surface area (Å²) in [5.41, 5.74) is 2.50. The molecule has 2 amide bonds. The van der Waals surface area contributed by atoms with E-state index in [0.29, 0.717) is 6.42 Å². The van der Waals surface area contributed by atoms with E-state index in [2.05, 4.69) is 22.8 Å². The minimum atomic E-state index is -1.01. The van der Waals surface area contributed by atoms with E-state index in [0.717, 1.165) is 12.8 Å². The van der Waals surface area contributed by atoms with Crippen molar-refractivity contribution in [1.82, 2.24) is 10.6 Å². The molecule has 1 aromatic carbocycles. The van der Waals surface area contributed by atoms with Crippen LogP contribution >= 0.6 is 0 Å². The predicted octanol–water partition coefficient (Wildman–Crippen LogP) is 1.32. The third kappa shape index (κ3) is 3.24. The first-order valence-electron chi connectivity index (χ1n) is 6.46. The number of carboxylic acid groups (broad SMARTS) is 1. The van der Waals surface area contributed by atoms with Crippen LogP contribution in [0.25, 0.3) is 0 Å². The van der Waals surface area contributed by atoms with Gasteiger partial charge in [0.2, 0.25) is 0 Å². The van der Waals surface area contributed by atoms with E-state index < -0.39 is 18.0 Å². The van der Waals surface area contributed by atoms with Gasteiger partial charge in [0.1, 0.15) is 6.04 Å². The third-order valence-electron chi connectivity index (χ3n) is 3.40. The highest BCUT2D eigenvalue weighted by Gasteiger charge is 2.24. The SMILES string of the molecule is CCC(NC(=O)NC1Cc2ccccc2C1)C(=O)O. The molecule has 0 bridgehead atoms. The molecule has 1 aliphatic rings. The Morgan fingerprint density at radius 2 is 1.89 bits per heavy atom. The molecule has 0 aliphatic heterocycles. The van der Waals surface area contributed by atoms with Crippen LogP contribution in [-0.4, -0.2) is 29.2 Å². The number of aliphatic carboxylic acids is 1. The Hall–Kier alpha value is -2.04. The molecule has 1 aromatic rings. The molecular formula is C14H18N2O3. The topological polar surface area (TPSA) is 78.4 Å². The highest BCUT2D eigenvalue weighted by Crippen LogP contribution is 2.21. The molecule has 2 rings (SSSR count). The lowest BCUT2D eigenvalue weighted by molar-refractivity contribution is -0.139.